The van der Waals surface area contributed by atoms with Crippen molar-refractivity contribution in [2.24, 2.45) is 0 Å². The van der Waals surface area contributed by atoms with Gasteiger partial charge in [0.1, 0.15) is 5.54 Å². The third-order valence-electron chi connectivity index (χ3n) is 4.34. The molecule has 0 aromatic heterocycles. The molecular weight excluding hydrogens is 210 g/mol. The zero-order chi connectivity index (χ0) is 12.5. The molecule has 1 aliphatic carbocycles. The van der Waals surface area contributed by atoms with Crippen molar-refractivity contribution in [2.45, 2.75) is 76.5 Å². The number of nitriles is 1. The van der Waals surface area contributed by atoms with E-state index < -0.39 is 0 Å². The summed E-state index contributed by atoms with van der Waals surface area (Å²) in [7, 11) is 0. The van der Waals surface area contributed by atoms with E-state index in [2.05, 4.69) is 37.1 Å². The fraction of sp³-hybridized carbons (Fsp3) is 0.929. The highest BCUT2D eigenvalue weighted by atomic mass is 15.2. The Hall–Kier alpha value is -0.590. The summed E-state index contributed by atoms with van der Waals surface area (Å²) >= 11 is 0. The summed E-state index contributed by atoms with van der Waals surface area (Å²) in [5.74, 6) is 0. The molecule has 2 fully saturated rings. The summed E-state index contributed by atoms with van der Waals surface area (Å²) in [5, 5.41) is 12.9. The molecule has 3 nitrogen and oxygen atoms in total. The first kappa shape index (κ1) is 12.9. The van der Waals surface area contributed by atoms with Crippen molar-refractivity contribution in [2.75, 3.05) is 6.54 Å². The molecule has 0 bridgehead atoms. The summed E-state index contributed by atoms with van der Waals surface area (Å²) in [5.41, 5.74) is -0.263. The first-order valence-corrected chi connectivity index (χ1v) is 7.01. The third kappa shape index (κ3) is 2.64. The van der Waals surface area contributed by atoms with E-state index >= 15 is 0 Å². The first-order valence-electron chi connectivity index (χ1n) is 7.01. The summed E-state index contributed by atoms with van der Waals surface area (Å²) in [4.78, 5) is 2.63. The quantitative estimate of drug-likeness (QED) is 0.815. The van der Waals surface area contributed by atoms with E-state index in [4.69, 9.17) is 0 Å². The molecule has 17 heavy (non-hydrogen) atoms. The lowest BCUT2D eigenvalue weighted by atomic mass is 9.98. The van der Waals surface area contributed by atoms with Crippen LogP contribution >= 0.6 is 0 Å². The van der Waals surface area contributed by atoms with Gasteiger partial charge in [-0.25, -0.2) is 0 Å². The first-order chi connectivity index (χ1) is 8.06. The second kappa shape index (κ2) is 4.96. The van der Waals surface area contributed by atoms with Crippen LogP contribution < -0.4 is 5.32 Å². The van der Waals surface area contributed by atoms with Crippen LogP contribution in [0.4, 0.5) is 0 Å². The summed E-state index contributed by atoms with van der Waals surface area (Å²) < 4.78 is 0. The molecule has 1 heterocycles. The van der Waals surface area contributed by atoms with Gasteiger partial charge in [-0.2, -0.15) is 5.26 Å². The van der Waals surface area contributed by atoms with E-state index in [-0.39, 0.29) is 5.54 Å². The highest BCUT2D eigenvalue weighted by Gasteiger charge is 2.43. The van der Waals surface area contributed by atoms with Crippen molar-refractivity contribution >= 4 is 0 Å². The van der Waals surface area contributed by atoms with Crippen LogP contribution in [0.3, 0.4) is 0 Å². The summed E-state index contributed by atoms with van der Waals surface area (Å²) in [6.07, 6.45) is 5.85. The van der Waals surface area contributed by atoms with E-state index in [1.54, 1.807) is 0 Å². The SMILES string of the molecule is CC(C)NC1(C#N)CCC(N2CCCC2C)C1. The number of rotatable bonds is 3. The molecule has 3 unspecified atom stereocenters. The van der Waals surface area contributed by atoms with Crippen LogP contribution in [0.5, 0.6) is 0 Å². The molecule has 1 aliphatic heterocycles. The minimum Gasteiger partial charge on any atom is -0.298 e. The maximum atomic E-state index is 9.46. The van der Waals surface area contributed by atoms with Crippen molar-refractivity contribution in [3.05, 3.63) is 0 Å². The van der Waals surface area contributed by atoms with Gasteiger partial charge in [0.05, 0.1) is 6.07 Å². The number of hydrogen-bond acceptors (Lipinski definition) is 3. The Balaban J connectivity index is 2.00. The van der Waals surface area contributed by atoms with Gasteiger partial charge in [-0.3, -0.25) is 10.2 Å². The zero-order valence-electron chi connectivity index (χ0n) is 11.4. The van der Waals surface area contributed by atoms with Gasteiger partial charge in [-0.15, -0.1) is 0 Å². The lowest BCUT2D eigenvalue weighted by Gasteiger charge is -2.30. The van der Waals surface area contributed by atoms with Gasteiger partial charge in [0, 0.05) is 18.1 Å². The van der Waals surface area contributed by atoms with E-state index in [1.807, 2.05) is 0 Å². The minimum absolute atomic E-state index is 0.263. The lowest BCUT2D eigenvalue weighted by Crippen LogP contribution is -2.47. The van der Waals surface area contributed by atoms with Crippen LogP contribution in [0.2, 0.25) is 0 Å². The van der Waals surface area contributed by atoms with Gasteiger partial charge in [-0.1, -0.05) is 0 Å². The van der Waals surface area contributed by atoms with Crippen LogP contribution in [-0.2, 0) is 0 Å². The van der Waals surface area contributed by atoms with Gasteiger partial charge in [0.2, 0.25) is 0 Å². The van der Waals surface area contributed by atoms with E-state index in [9.17, 15) is 5.26 Å². The number of nitrogens with one attached hydrogen (secondary N) is 1. The van der Waals surface area contributed by atoms with Gasteiger partial charge in [0.25, 0.3) is 0 Å². The number of nitrogens with zero attached hydrogens (tertiary/aromatic N) is 2. The van der Waals surface area contributed by atoms with Crippen molar-refractivity contribution in [1.82, 2.24) is 10.2 Å². The molecule has 96 valence electrons. The molecule has 1 saturated heterocycles. The predicted octanol–water partition coefficient (Wildman–Crippen LogP) is 2.28. The average Bonchev–Trinajstić information content (AvgIpc) is 2.84. The Kier molecular flexibility index (Phi) is 3.75. The Morgan fingerprint density at radius 2 is 2.18 bits per heavy atom. The molecule has 1 saturated carbocycles. The molecule has 0 spiro atoms. The average molecular weight is 235 g/mol. The molecule has 2 rings (SSSR count). The number of likely N-dealkylation sites (tertiary alicyclic amines) is 1. The van der Waals surface area contributed by atoms with E-state index in [0.717, 1.165) is 12.8 Å². The van der Waals surface area contributed by atoms with Gasteiger partial charge >= 0.3 is 0 Å². The monoisotopic (exact) mass is 235 g/mol. The van der Waals surface area contributed by atoms with E-state index in [1.165, 1.54) is 25.8 Å². The van der Waals surface area contributed by atoms with Crippen LogP contribution in [-0.4, -0.2) is 35.1 Å². The molecule has 1 N–H and O–H groups in total. The molecule has 0 aromatic rings. The predicted molar refractivity (Wildman–Crippen MR) is 69.7 cm³/mol. The molecule has 2 aliphatic rings. The lowest BCUT2D eigenvalue weighted by molar-refractivity contribution is 0.185. The maximum Gasteiger partial charge on any atom is 0.108 e. The largest absolute Gasteiger partial charge is 0.298 e. The zero-order valence-corrected chi connectivity index (χ0v) is 11.4. The minimum atomic E-state index is -0.263. The molecule has 3 atom stereocenters. The van der Waals surface area contributed by atoms with Crippen LogP contribution in [0, 0.1) is 11.3 Å². The van der Waals surface area contributed by atoms with Crippen LogP contribution in [0.15, 0.2) is 0 Å². The Labute approximate surface area is 105 Å². The Bertz CT molecular complexity index is 307. The standard InChI is InChI=1S/C14H25N3/c1-11(2)16-14(10-15)7-6-13(9-14)17-8-4-5-12(17)3/h11-13,16H,4-9H2,1-3H3. The molecule has 0 amide bonds. The normalized spacial score (nSPS) is 38.8. The van der Waals surface area contributed by atoms with Crippen LogP contribution in [0.25, 0.3) is 0 Å². The molecule has 0 radical (unpaired) electrons. The summed E-state index contributed by atoms with van der Waals surface area (Å²) in [6, 6.07) is 4.27. The molecule has 3 heteroatoms. The highest BCUT2D eigenvalue weighted by molar-refractivity contribution is 5.14. The van der Waals surface area contributed by atoms with Gasteiger partial charge in [-0.05, 0) is 59.4 Å². The van der Waals surface area contributed by atoms with Gasteiger partial charge in [0.15, 0.2) is 0 Å². The van der Waals surface area contributed by atoms with Crippen molar-refractivity contribution in [3.63, 3.8) is 0 Å². The van der Waals surface area contributed by atoms with Gasteiger partial charge < -0.3 is 0 Å². The second-order valence-electron chi connectivity index (χ2n) is 6.12. The van der Waals surface area contributed by atoms with Crippen molar-refractivity contribution < 1.29 is 0 Å². The number of hydrogen-bond donors (Lipinski definition) is 1. The maximum absolute atomic E-state index is 9.46. The molecule has 0 aromatic carbocycles. The van der Waals surface area contributed by atoms with Crippen molar-refractivity contribution in [1.29, 1.82) is 5.26 Å². The molecular formula is C14H25N3. The van der Waals surface area contributed by atoms with Crippen molar-refractivity contribution in [3.8, 4) is 6.07 Å². The second-order valence-corrected chi connectivity index (χ2v) is 6.12. The smallest absolute Gasteiger partial charge is 0.108 e. The highest BCUT2D eigenvalue weighted by Crippen LogP contribution is 2.36. The fourth-order valence-corrected chi connectivity index (χ4v) is 3.62. The van der Waals surface area contributed by atoms with E-state index in [0.29, 0.717) is 18.1 Å². The Morgan fingerprint density at radius 3 is 2.71 bits per heavy atom. The fourth-order valence-electron chi connectivity index (χ4n) is 3.62. The Morgan fingerprint density at radius 1 is 1.41 bits per heavy atom. The topological polar surface area (TPSA) is 39.1 Å². The third-order valence-corrected chi connectivity index (χ3v) is 4.34. The van der Waals surface area contributed by atoms with Crippen LogP contribution in [0.1, 0.15) is 52.9 Å². The summed E-state index contributed by atoms with van der Waals surface area (Å²) in [6.45, 7) is 7.82.